The van der Waals surface area contributed by atoms with Crippen LogP contribution in [0.25, 0.3) is 0 Å². The number of carbonyl (C=O) groups is 2. The Hall–Kier alpha value is -0.920. The Kier molecular flexibility index (Phi) is 3.72. The average Bonchev–Trinajstić information content (AvgIpc) is 1.89. The maximum atomic E-state index is 10.5. The summed E-state index contributed by atoms with van der Waals surface area (Å²) in [5.74, 6) is 0. The molecule has 0 saturated carbocycles. The van der Waals surface area contributed by atoms with E-state index in [1.165, 1.54) is 0 Å². The lowest BCUT2D eigenvalue weighted by molar-refractivity contribution is -0.109. The lowest BCUT2D eigenvalue weighted by Crippen LogP contribution is -2.16. The van der Waals surface area contributed by atoms with Crippen molar-refractivity contribution in [1.29, 1.82) is 0 Å². The van der Waals surface area contributed by atoms with E-state index in [4.69, 9.17) is 0 Å². The minimum Gasteiger partial charge on any atom is -0.303 e. The molecule has 0 unspecified atom stereocenters. The summed E-state index contributed by atoms with van der Waals surface area (Å²) in [6.45, 7) is 5.56. The molecule has 0 aliphatic rings. The molecule has 0 aromatic carbocycles. The summed E-state index contributed by atoms with van der Waals surface area (Å²) in [6, 6.07) is 0. The van der Waals surface area contributed by atoms with Gasteiger partial charge < -0.3 is 4.79 Å². The Morgan fingerprint density at radius 2 is 1.91 bits per heavy atom. The number of carbonyl (C=O) groups excluding carboxylic acids is 2. The Bertz CT molecular complexity index is 178. The molecule has 62 valence electrons. The molecule has 0 radical (unpaired) electrons. The van der Waals surface area contributed by atoms with Gasteiger partial charge in [0.2, 0.25) is 0 Å². The normalized spacial score (nSPS) is 12.8. The van der Waals surface area contributed by atoms with E-state index in [1.54, 1.807) is 13.0 Å². The third kappa shape index (κ3) is 2.66. The van der Waals surface area contributed by atoms with Crippen LogP contribution in [0.5, 0.6) is 0 Å². The standard InChI is InChI=1S/C9H14O2/c1-4-8(7-11)9(2,3)5-6-10/h4,6-7H,5H2,1-3H3/b8-4-. The third-order valence-corrected chi connectivity index (χ3v) is 1.81. The molecule has 0 spiro atoms. The molecule has 0 atom stereocenters. The van der Waals surface area contributed by atoms with E-state index >= 15 is 0 Å². The summed E-state index contributed by atoms with van der Waals surface area (Å²) in [6.07, 6.45) is 3.79. The summed E-state index contributed by atoms with van der Waals surface area (Å²) < 4.78 is 0. The van der Waals surface area contributed by atoms with Crippen LogP contribution in [-0.4, -0.2) is 12.6 Å². The van der Waals surface area contributed by atoms with E-state index in [0.717, 1.165) is 12.6 Å². The molecule has 0 fully saturated rings. The van der Waals surface area contributed by atoms with Gasteiger partial charge in [0.05, 0.1) is 0 Å². The highest BCUT2D eigenvalue weighted by atomic mass is 16.1. The smallest absolute Gasteiger partial charge is 0.146 e. The topological polar surface area (TPSA) is 34.1 Å². The zero-order valence-electron chi connectivity index (χ0n) is 7.26. The number of rotatable bonds is 4. The summed E-state index contributed by atoms with van der Waals surface area (Å²) >= 11 is 0. The average molecular weight is 154 g/mol. The van der Waals surface area contributed by atoms with Gasteiger partial charge in [0.15, 0.2) is 0 Å². The van der Waals surface area contributed by atoms with Crippen molar-refractivity contribution >= 4 is 12.6 Å². The van der Waals surface area contributed by atoms with Crippen LogP contribution in [0.3, 0.4) is 0 Å². The molecule has 0 bridgehead atoms. The van der Waals surface area contributed by atoms with E-state index in [2.05, 4.69) is 0 Å². The second-order valence-electron chi connectivity index (χ2n) is 3.12. The monoisotopic (exact) mass is 154 g/mol. The maximum Gasteiger partial charge on any atom is 0.146 e. The highest BCUT2D eigenvalue weighted by Crippen LogP contribution is 2.27. The van der Waals surface area contributed by atoms with Crippen molar-refractivity contribution in [2.75, 3.05) is 0 Å². The van der Waals surface area contributed by atoms with Gasteiger partial charge in [-0.3, -0.25) is 4.79 Å². The number of aldehydes is 2. The fourth-order valence-electron chi connectivity index (χ4n) is 0.944. The molecule has 11 heavy (non-hydrogen) atoms. The quantitative estimate of drug-likeness (QED) is 0.456. The minimum absolute atomic E-state index is 0.307. The largest absolute Gasteiger partial charge is 0.303 e. The summed E-state index contributed by atoms with van der Waals surface area (Å²) in [5, 5.41) is 0. The van der Waals surface area contributed by atoms with E-state index in [1.807, 2.05) is 13.8 Å². The first-order valence-electron chi connectivity index (χ1n) is 3.64. The van der Waals surface area contributed by atoms with Gasteiger partial charge in [-0.15, -0.1) is 0 Å². The van der Waals surface area contributed by atoms with Gasteiger partial charge >= 0.3 is 0 Å². The molecule has 2 nitrogen and oxygen atoms in total. The molecule has 0 saturated heterocycles. The van der Waals surface area contributed by atoms with Gasteiger partial charge in [0.25, 0.3) is 0 Å². The molecule has 0 rings (SSSR count). The zero-order valence-corrected chi connectivity index (χ0v) is 7.26. The van der Waals surface area contributed by atoms with Crippen LogP contribution >= 0.6 is 0 Å². The van der Waals surface area contributed by atoms with Crippen LogP contribution in [0, 0.1) is 5.41 Å². The molecule has 0 aromatic rings. The van der Waals surface area contributed by atoms with Crippen molar-refractivity contribution in [3.63, 3.8) is 0 Å². The lowest BCUT2D eigenvalue weighted by atomic mass is 9.82. The Labute approximate surface area is 67.3 Å². The van der Waals surface area contributed by atoms with E-state index in [0.29, 0.717) is 12.0 Å². The van der Waals surface area contributed by atoms with Gasteiger partial charge in [-0.1, -0.05) is 19.9 Å². The molecule has 2 heteroatoms. The predicted molar refractivity (Wildman–Crippen MR) is 44.3 cm³/mol. The van der Waals surface area contributed by atoms with Gasteiger partial charge in [-0.25, -0.2) is 0 Å². The van der Waals surface area contributed by atoms with Gasteiger partial charge in [0.1, 0.15) is 12.6 Å². The number of hydrogen-bond acceptors (Lipinski definition) is 2. The van der Waals surface area contributed by atoms with Crippen LogP contribution in [0.4, 0.5) is 0 Å². The van der Waals surface area contributed by atoms with Crippen molar-refractivity contribution in [2.24, 2.45) is 5.41 Å². The third-order valence-electron chi connectivity index (χ3n) is 1.81. The molecule has 0 heterocycles. The predicted octanol–water partition coefficient (Wildman–Crippen LogP) is 1.75. The summed E-state index contributed by atoms with van der Waals surface area (Å²) in [4.78, 5) is 20.7. The van der Waals surface area contributed by atoms with Gasteiger partial charge in [-0.05, 0) is 17.9 Å². The van der Waals surface area contributed by atoms with Crippen molar-refractivity contribution in [3.05, 3.63) is 11.6 Å². The van der Waals surface area contributed by atoms with Crippen LogP contribution in [-0.2, 0) is 9.59 Å². The van der Waals surface area contributed by atoms with Crippen LogP contribution < -0.4 is 0 Å². The van der Waals surface area contributed by atoms with Crippen LogP contribution in [0.1, 0.15) is 27.2 Å². The van der Waals surface area contributed by atoms with Crippen LogP contribution in [0.15, 0.2) is 11.6 Å². The zero-order chi connectivity index (χ0) is 8.91. The Morgan fingerprint density at radius 1 is 1.36 bits per heavy atom. The maximum absolute atomic E-state index is 10.5. The molecule has 0 amide bonds. The van der Waals surface area contributed by atoms with Gasteiger partial charge in [-0.2, -0.15) is 0 Å². The molecular formula is C9H14O2. The molecule has 0 N–H and O–H groups in total. The van der Waals surface area contributed by atoms with Crippen molar-refractivity contribution in [1.82, 2.24) is 0 Å². The molecule has 0 aromatic heterocycles. The molecule has 0 aliphatic carbocycles. The Balaban J connectivity index is 4.50. The van der Waals surface area contributed by atoms with Crippen molar-refractivity contribution < 1.29 is 9.59 Å². The molecule has 0 aliphatic heterocycles. The fraction of sp³-hybridized carbons (Fsp3) is 0.556. The van der Waals surface area contributed by atoms with E-state index < -0.39 is 0 Å². The first-order chi connectivity index (χ1) is 5.08. The second-order valence-corrected chi connectivity index (χ2v) is 3.12. The van der Waals surface area contributed by atoms with Crippen molar-refractivity contribution in [3.8, 4) is 0 Å². The number of hydrogen-bond donors (Lipinski definition) is 0. The fourth-order valence-corrected chi connectivity index (χ4v) is 0.944. The summed E-state index contributed by atoms with van der Waals surface area (Å²) in [7, 11) is 0. The van der Waals surface area contributed by atoms with E-state index in [-0.39, 0.29) is 5.41 Å². The second kappa shape index (κ2) is 4.06. The van der Waals surface area contributed by atoms with E-state index in [9.17, 15) is 9.59 Å². The highest BCUT2D eigenvalue weighted by molar-refractivity contribution is 5.76. The Morgan fingerprint density at radius 3 is 2.18 bits per heavy atom. The van der Waals surface area contributed by atoms with Gasteiger partial charge in [0, 0.05) is 6.42 Å². The van der Waals surface area contributed by atoms with Crippen LogP contribution in [0.2, 0.25) is 0 Å². The molecular weight excluding hydrogens is 140 g/mol. The SMILES string of the molecule is C/C=C(/C=O)C(C)(C)CC=O. The highest BCUT2D eigenvalue weighted by Gasteiger charge is 2.21. The first-order valence-corrected chi connectivity index (χ1v) is 3.64. The first kappa shape index (κ1) is 10.1. The summed E-state index contributed by atoms with van der Waals surface area (Å²) in [5.41, 5.74) is 0.378. The van der Waals surface area contributed by atoms with Crippen molar-refractivity contribution in [2.45, 2.75) is 27.2 Å². The number of allylic oxidation sites excluding steroid dienone is 2. The minimum atomic E-state index is -0.307. The lowest BCUT2D eigenvalue weighted by Gasteiger charge is -2.21.